The van der Waals surface area contributed by atoms with Crippen LogP contribution in [-0.4, -0.2) is 44.7 Å². The molecule has 0 bridgehead atoms. The fourth-order valence-electron chi connectivity index (χ4n) is 6.15. The maximum absolute atomic E-state index is 14.1. The first kappa shape index (κ1) is 29.7. The number of rotatable bonds is 9. The molecule has 0 aliphatic heterocycles. The highest BCUT2D eigenvalue weighted by molar-refractivity contribution is 7.92. The van der Waals surface area contributed by atoms with E-state index >= 15 is 0 Å². The largest absolute Gasteiger partial charge is 0.541 e. The van der Waals surface area contributed by atoms with Gasteiger partial charge in [-0.2, -0.15) is 0 Å². The average Bonchev–Trinajstić information content (AvgIpc) is 3.11. The lowest BCUT2D eigenvalue weighted by molar-refractivity contribution is 0.424. The van der Waals surface area contributed by atoms with Gasteiger partial charge in [-0.25, -0.2) is 12.8 Å². The molecule has 0 amide bonds. The topological polar surface area (TPSA) is 105 Å². The van der Waals surface area contributed by atoms with Crippen molar-refractivity contribution in [1.29, 1.82) is 0 Å². The summed E-state index contributed by atoms with van der Waals surface area (Å²) in [6, 6.07) is 9.13. The first-order valence-corrected chi connectivity index (χ1v) is 17.4. The Morgan fingerprint density at radius 2 is 1.60 bits per heavy atom. The van der Waals surface area contributed by atoms with Gasteiger partial charge >= 0.3 is 0 Å². The number of hydrogen-bond acceptors (Lipinski definition) is 5. The van der Waals surface area contributed by atoms with Gasteiger partial charge < -0.3 is 14.5 Å². The molecule has 40 heavy (non-hydrogen) atoms. The monoisotopic (exact) mass is 587 g/mol. The van der Waals surface area contributed by atoms with Gasteiger partial charge in [0.05, 0.1) is 34.8 Å². The molecule has 0 spiro atoms. The first-order valence-electron chi connectivity index (χ1n) is 13.4. The zero-order chi connectivity index (χ0) is 29.7. The summed E-state index contributed by atoms with van der Waals surface area (Å²) in [5, 5.41) is 12.4. The number of hydrogen-bond donors (Lipinski definition) is 2. The van der Waals surface area contributed by atoms with Crippen LogP contribution in [-0.2, 0) is 16.6 Å². The molecule has 0 atom stereocenters. The van der Waals surface area contributed by atoms with Gasteiger partial charge in [0.2, 0.25) is 15.9 Å². The smallest absolute Gasteiger partial charge is 0.264 e. The fourth-order valence-corrected chi connectivity index (χ4v) is 11.9. The van der Waals surface area contributed by atoms with Crippen LogP contribution in [0.5, 0.6) is 11.6 Å². The van der Waals surface area contributed by atoms with Crippen molar-refractivity contribution in [1.82, 2.24) is 9.55 Å². The molecule has 2 heterocycles. The quantitative estimate of drug-likeness (QED) is 0.223. The number of fused-ring (bicyclic) bond motifs is 2. The Kier molecular flexibility index (Phi) is 7.85. The number of halogens is 1. The number of nitrogens with zero attached hydrogens (tertiary/aromatic N) is 2. The van der Waals surface area contributed by atoms with Crippen LogP contribution in [0, 0.1) is 5.82 Å². The van der Waals surface area contributed by atoms with Crippen molar-refractivity contribution in [3.63, 3.8) is 0 Å². The van der Waals surface area contributed by atoms with Gasteiger partial charge in [0, 0.05) is 18.6 Å². The molecule has 0 unspecified atom stereocenters. The second-order valence-electron chi connectivity index (χ2n) is 11.4. The van der Waals surface area contributed by atoms with Crippen LogP contribution in [0.4, 0.5) is 10.1 Å². The predicted octanol–water partition coefficient (Wildman–Crippen LogP) is 6.33. The summed E-state index contributed by atoms with van der Waals surface area (Å²) in [7, 11) is -5.02. The normalized spacial score (nSPS) is 12.8. The van der Waals surface area contributed by atoms with E-state index in [1.165, 1.54) is 23.7 Å². The van der Waals surface area contributed by atoms with Gasteiger partial charge in [-0.3, -0.25) is 13.7 Å². The van der Waals surface area contributed by atoms with Gasteiger partial charge in [0.1, 0.15) is 11.6 Å². The summed E-state index contributed by atoms with van der Waals surface area (Å²) < 4.78 is 48.6. The summed E-state index contributed by atoms with van der Waals surface area (Å²) in [6.45, 7) is 12.8. The molecular formula is C29H38FN3O5SSi. The third kappa shape index (κ3) is 4.79. The number of aromatic nitrogens is 2. The van der Waals surface area contributed by atoms with Gasteiger partial charge in [0.25, 0.3) is 13.9 Å². The number of aromatic hydroxyl groups is 1. The number of nitrogens with one attached hydrogen (secondary N) is 1. The molecule has 4 aromatic rings. The minimum absolute atomic E-state index is 0.0394. The Bertz CT molecular complexity index is 1710. The fraction of sp³-hybridized carbons (Fsp3) is 0.414. The zero-order valence-electron chi connectivity index (χ0n) is 24.2. The Hall–Kier alpha value is -3.31. The van der Waals surface area contributed by atoms with Crippen LogP contribution in [0.2, 0.25) is 16.6 Å². The van der Waals surface area contributed by atoms with E-state index in [1.54, 1.807) is 30.5 Å². The summed E-state index contributed by atoms with van der Waals surface area (Å²) >= 11 is 0. The van der Waals surface area contributed by atoms with E-state index in [0.717, 1.165) is 10.6 Å². The third-order valence-electron chi connectivity index (χ3n) is 8.04. The van der Waals surface area contributed by atoms with E-state index in [9.17, 15) is 22.7 Å². The minimum Gasteiger partial charge on any atom is -0.541 e. The van der Waals surface area contributed by atoms with Crippen LogP contribution in [0.1, 0.15) is 47.1 Å². The molecule has 0 saturated heterocycles. The standard InChI is InChI=1S/C29H38FN3O5SSi/c1-17(2)40(18(3)4,19(5)6)38-27-24-23(26(32(7)39(8,36)37)22-10-9-15-31-25(22)27)28(34)33(29(24)35)16-20-11-13-21(30)14-12-20/h9-15,17-19,31,35H,16H2,1-8H3. The second-order valence-corrected chi connectivity index (χ2v) is 18.8. The molecule has 0 radical (unpaired) electrons. The number of sulfonamides is 1. The molecule has 2 N–H and O–H groups in total. The molecule has 2 aromatic heterocycles. The average molecular weight is 588 g/mol. The first-order chi connectivity index (χ1) is 18.6. The van der Waals surface area contributed by atoms with E-state index in [0.29, 0.717) is 22.2 Å². The summed E-state index contributed by atoms with van der Waals surface area (Å²) in [4.78, 5) is 17.3. The molecule has 0 saturated carbocycles. The molecule has 8 nitrogen and oxygen atoms in total. The lowest BCUT2D eigenvalue weighted by Crippen LogP contribution is -2.50. The molecule has 0 fully saturated rings. The number of anilines is 1. The SMILES string of the molecule is CC(C)[Si](Oc1c2[nH]cccc2c(N(C)S(C)(=O)=O)c2c(=O)n(Cc3ccc(F)cc3)c(O)c12)(C(C)C)C(C)C. The van der Waals surface area contributed by atoms with Crippen molar-refractivity contribution < 1.29 is 22.3 Å². The molecule has 11 heteroatoms. The second kappa shape index (κ2) is 10.6. The molecule has 216 valence electrons. The van der Waals surface area contributed by atoms with Gasteiger partial charge in [0.15, 0.2) is 0 Å². The maximum Gasteiger partial charge on any atom is 0.264 e. The maximum atomic E-state index is 14.1. The van der Waals surface area contributed by atoms with Crippen LogP contribution in [0.25, 0.3) is 21.7 Å². The highest BCUT2D eigenvalue weighted by Crippen LogP contribution is 2.50. The van der Waals surface area contributed by atoms with E-state index in [-0.39, 0.29) is 45.5 Å². The van der Waals surface area contributed by atoms with E-state index in [1.807, 2.05) is 0 Å². The lowest BCUT2D eigenvalue weighted by Gasteiger charge is -2.42. The van der Waals surface area contributed by atoms with E-state index < -0.39 is 29.7 Å². The molecular weight excluding hydrogens is 549 g/mol. The molecule has 4 rings (SSSR count). The summed E-state index contributed by atoms with van der Waals surface area (Å²) in [5.41, 5.74) is 1.25. The summed E-state index contributed by atoms with van der Waals surface area (Å²) in [5.74, 6) is -0.410. The third-order valence-corrected chi connectivity index (χ3v) is 15.2. The predicted molar refractivity (Wildman–Crippen MR) is 162 cm³/mol. The molecule has 0 aliphatic rings. The number of benzene rings is 2. The van der Waals surface area contributed by atoms with Crippen molar-refractivity contribution in [3.8, 4) is 11.6 Å². The number of aromatic amines is 1. The van der Waals surface area contributed by atoms with Crippen LogP contribution in [0.15, 0.2) is 47.4 Å². The Labute approximate surface area is 235 Å². The number of pyridine rings is 1. The van der Waals surface area contributed by atoms with Crippen molar-refractivity contribution in [3.05, 3.63) is 64.3 Å². The minimum atomic E-state index is -3.80. The van der Waals surface area contributed by atoms with E-state index in [2.05, 4.69) is 46.5 Å². The van der Waals surface area contributed by atoms with Crippen molar-refractivity contribution in [2.45, 2.75) is 64.7 Å². The highest BCUT2D eigenvalue weighted by atomic mass is 32.2. The van der Waals surface area contributed by atoms with Crippen LogP contribution >= 0.6 is 0 Å². The van der Waals surface area contributed by atoms with Crippen LogP contribution < -0.4 is 14.3 Å². The summed E-state index contributed by atoms with van der Waals surface area (Å²) in [6.07, 6.45) is 2.77. The van der Waals surface area contributed by atoms with Crippen LogP contribution in [0.3, 0.4) is 0 Å². The van der Waals surface area contributed by atoms with Crippen molar-refractivity contribution in [2.24, 2.45) is 0 Å². The van der Waals surface area contributed by atoms with Gasteiger partial charge in [-0.05, 0) is 46.5 Å². The molecule has 2 aromatic carbocycles. The highest BCUT2D eigenvalue weighted by Gasteiger charge is 2.48. The van der Waals surface area contributed by atoms with Crippen molar-refractivity contribution in [2.75, 3.05) is 17.6 Å². The Morgan fingerprint density at radius 3 is 2.12 bits per heavy atom. The number of H-pyrrole nitrogens is 1. The van der Waals surface area contributed by atoms with Gasteiger partial charge in [-0.1, -0.05) is 53.7 Å². The molecule has 0 aliphatic carbocycles. The van der Waals surface area contributed by atoms with Crippen molar-refractivity contribution >= 4 is 45.7 Å². The van der Waals surface area contributed by atoms with Gasteiger partial charge in [-0.15, -0.1) is 0 Å². The lowest BCUT2D eigenvalue weighted by atomic mass is 10.1. The Balaban J connectivity index is 2.20. The van der Waals surface area contributed by atoms with E-state index in [4.69, 9.17) is 4.43 Å². The zero-order valence-corrected chi connectivity index (χ0v) is 26.1. The Morgan fingerprint density at radius 1 is 1.02 bits per heavy atom.